The number of ether oxygens (including phenoxy) is 1. The Morgan fingerprint density at radius 3 is 2.56 bits per heavy atom. The maximum Gasteiger partial charge on any atom is 0.416 e. The first-order chi connectivity index (χ1) is 15.1. The SMILES string of the molecule is COc1ccc(-c2cn3ccc(C)cc3n2)cc1NS(=O)(=O)c1cccc(C(F)(F)F)c1. The van der Waals surface area contributed by atoms with Gasteiger partial charge in [0, 0.05) is 18.0 Å². The third-order valence-electron chi connectivity index (χ3n) is 4.83. The predicted octanol–water partition coefficient (Wildman–Crippen LogP) is 5.14. The number of nitrogens with zero attached hydrogens (tertiary/aromatic N) is 2. The molecule has 2 heterocycles. The smallest absolute Gasteiger partial charge is 0.416 e. The lowest BCUT2D eigenvalue weighted by Crippen LogP contribution is -2.15. The number of imidazole rings is 1. The van der Waals surface area contributed by atoms with Crippen LogP contribution in [-0.4, -0.2) is 24.9 Å². The zero-order chi connectivity index (χ0) is 23.1. The van der Waals surface area contributed by atoms with E-state index in [-0.39, 0.29) is 11.4 Å². The molecular formula is C22H18F3N3O3S. The maximum atomic E-state index is 13.0. The molecule has 10 heteroatoms. The summed E-state index contributed by atoms with van der Waals surface area (Å²) in [6, 6.07) is 12.2. The second-order valence-corrected chi connectivity index (χ2v) is 8.82. The van der Waals surface area contributed by atoms with Gasteiger partial charge in [0.2, 0.25) is 0 Å². The molecule has 166 valence electrons. The van der Waals surface area contributed by atoms with Gasteiger partial charge in [0.15, 0.2) is 0 Å². The van der Waals surface area contributed by atoms with Gasteiger partial charge in [-0.2, -0.15) is 13.2 Å². The lowest BCUT2D eigenvalue weighted by molar-refractivity contribution is -0.137. The Balaban J connectivity index is 1.73. The number of hydrogen-bond acceptors (Lipinski definition) is 4. The number of hydrogen-bond donors (Lipinski definition) is 1. The summed E-state index contributed by atoms with van der Waals surface area (Å²) in [6.45, 7) is 1.95. The summed E-state index contributed by atoms with van der Waals surface area (Å²) in [5, 5.41) is 0. The molecule has 6 nitrogen and oxygen atoms in total. The second-order valence-electron chi connectivity index (χ2n) is 7.14. The Kier molecular flexibility index (Phi) is 5.33. The summed E-state index contributed by atoms with van der Waals surface area (Å²) in [5.41, 5.74) is 1.99. The molecule has 2 aromatic heterocycles. The number of sulfonamides is 1. The van der Waals surface area contributed by atoms with Crippen molar-refractivity contribution in [2.75, 3.05) is 11.8 Å². The van der Waals surface area contributed by atoms with Gasteiger partial charge in [-0.05, 0) is 61.0 Å². The molecule has 32 heavy (non-hydrogen) atoms. The molecule has 0 aliphatic heterocycles. The molecule has 4 rings (SSSR count). The molecule has 0 atom stereocenters. The van der Waals surface area contributed by atoms with E-state index in [1.165, 1.54) is 13.2 Å². The third kappa shape index (κ3) is 4.26. The minimum atomic E-state index is -4.66. The second kappa shape index (κ2) is 7.86. The van der Waals surface area contributed by atoms with Crippen LogP contribution in [0.2, 0.25) is 0 Å². The number of nitrogens with one attached hydrogen (secondary N) is 1. The Hall–Kier alpha value is -3.53. The van der Waals surface area contributed by atoms with E-state index in [1.807, 2.05) is 29.7 Å². The average Bonchev–Trinajstić information content (AvgIpc) is 3.16. The number of benzene rings is 2. The van der Waals surface area contributed by atoms with Crippen LogP contribution in [0.3, 0.4) is 0 Å². The number of methoxy groups -OCH3 is 1. The fourth-order valence-electron chi connectivity index (χ4n) is 3.21. The molecule has 0 saturated carbocycles. The predicted molar refractivity (Wildman–Crippen MR) is 114 cm³/mol. The van der Waals surface area contributed by atoms with Crippen molar-refractivity contribution in [2.45, 2.75) is 18.0 Å². The summed E-state index contributed by atoms with van der Waals surface area (Å²) in [4.78, 5) is 4.04. The molecule has 0 unspecified atom stereocenters. The van der Waals surface area contributed by atoms with E-state index < -0.39 is 26.7 Å². The number of aryl methyl sites for hydroxylation is 1. The molecule has 4 aromatic rings. The number of anilines is 1. The fourth-order valence-corrected chi connectivity index (χ4v) is 4.32. The number of aromatic nitrogens is 2. The average molecular weight is 461 g/mol. The highest BCUT2D eigenvalue weighted by Gasteiger charge is 2.31. The van der Waals surface area contributed by atoms with Crippen LogP contribution in [0.1, 0.15) is 11.1 Å². The van der Waals surface area contributed by atoms with E-state index in [1.54, 1.807) is 18.3 Å². The normalized spacial score (nSPS) is 12.2. The molecule has 0 amide bonds. The highest BCUT2D eigenvalue weighted by molar-refractivity contribution is 7.92. The monoisotopic (exact) mass is 461 g/mol. The Morgan fingerprint density at radius 1 is 1.06 bits per heavy atom. The van der Waals surface area contributed by atoms with Crippen molar-refractivity contribution in [2.24, 2.45) is 0 Å². The molecule has 0 saturated heterocycles. The Labute approximate surface area is 182 Å². The van der Waals surface area contributed by atoms with Gasteiger partial charge in [0.05, 0.1) is 29.0 Å². The summed E-state index contributed by atoms with van der Waals surface area (Å²) in [6.07, 6.45) is -1.01. The topological polar surface area (TPSA) is 72.7 Å². The van der Waals surface area contributed by atoms with Crippen LogP contribution in [0, 0.1) is 6.92 Å². The lowest BCUT2D eigenvalue weighted by Gasteiger charge is -2.14. The largest absolute Gasteiger partial charge is 0.495 e. The quantitative estimate of drug-likeness (QED) is 0.447. The number of rotatable bonds is 5. The van der Waals surface area contributed by atoms with E-state index >= 15 is 0 Å². The van der Waals surface area contributed by atoms with E-state index in [0.717, 1.165) is 29.4 Å². The van der Waals surface area contributed by atoms with Crippen LogP contribution in [-0.2, 0) is 16.2 Å². The van der Waals surface area contributed by atoms with Crippen molar-refractivity contribution in [1.29, 1.82) is 0 Å². The maximum absolute atomic E-state index is 13.0. The van der Waals surface area contributed by atoms with Gasteiger partial charge in [-0.1, -0.05) is 6.07 Å². The first kappa shape index (κ1) is 21.7. The van der Waals surface area contributed by atoms with Gasteiger partial charge in [-0.3, -0.25) is 4.72 Å². The molecular weight excluding hydrogens is 443 g/mol. The van der Waals surface area contributed by atoms with Crippen molar-refractivity contribution in [3.8, 4) is 17.0 Å². The number of alkyl halides is 3. The summed E-state index contributed by atoms with van der Waals surface area (Å²) in [7, 11) is -2.95. The molecule has 0 aliphatic rings. The van der Waals surface area contributed by atoms with Crippen molar-refractivity contribution in [3.05, 3.63) is 78.1 Å². The fraction of sp³-hybridized carbons (Fsp3) is 0.136. The summed E-state index contributed by atoms with van der Waals surface area (Å²) in [5.74, 6) is 0.212. The van der Waals surface area contributed by atoms with E-state index in [4.69, 9.17) is 4.74 Å². The molecule has 0 spiro atoms. The summed E-state index contributed by atoms with van der Waals surface area (Å²) >= 11 is 0. The van der Waals surface area contributed by atoms with Crippen LogP contribution in [0.4, 0.5) is 18.9 Å². The molecule has 1 N–H and O–H groups in total. The molecule has 2 aromatic carbocycles. The Bertz CT molecular complexity index is 1410. The first-order valence-corrected chi connectivity index (χ1v) is 10.9. The molecule has 0 aliphatic carbocycles. The van der Waals surface area contributed by atoms with Gasteiger partial charge in [-0.15, -0.1) is 0 Å². The van der Waals surface area contributed by atoms with Crippen molar-refractivity contribution < 1.29 is 26.3 Å². The van der Waals surface area contributed by atoms with Crippen LogP contribution < -0.4 is 9.46 Å². The first-order valence-electron chi connectivity index (χ1n) is 9.41. The lowest BCUT2D eigenvalue weighted by atomic mass is 10.1. The van der Waals surface area contributed by atoms with E-state index in [9.17, 15) is 21.6 Å². The molecule has 0 radical (unpaired) electrons. The van der Waals surface area contributed by atoms with Crippen LogP contribution >= 0.6 is 0 Å². The number of pyridine rings is 1. The number of halogens is 3. The van der Waals surface area contributed by atoms with Crippen molar-refractivity contribution >= 4 is 21.4 Å². The van der Waals surface area contributed by atoms with Gasteiger partial charge in [0.1, 0.15) is 11.4 Å². The van der Waals surface area contributed by atoms with Crippen molar-refractivity contribution in [3.63, 3.8) is 0 Å². The molecule has 0 bridgehead atoms. The van der Waals surface area contributed by atoms with Crippen LogP contribution in [0.5, 0.6) is 5.75 Å². The van der Waals surface area contributed by atoms with Gasteiger partial charge in [-0.25, -0.2) is 13.4 Å². The van der Waals surface area contributed by atoms with E-state index in [2.05, 4.69) is 9.71 Å². The zero-order valence-electron chi connectivity index (χ0n) is 17.0. The molecule has 0 fully saturated rings. The Morgan fingerprint density at radius 2 is 1.84 bits per heavy atom. The highest BCUT2D eigenvalue weighted by atomic mass is 32.2. The minimum absolute atomic E-state index is 0.0793. The van der Waals surface area contributed by atoms with E-state index in [0.29, 0.717) is 17.3 Å². The minimum Gasteiger partial charge on any atom is -0.495 e. The van der Waals surface area contributed by atoms with Crippen LogP contribution in [0.25, 0.3) is 16.9 Å². The van der Waals surface area contributed by atoms with Crippen molar-refractivity contribution in [1.82, 2.24) is 9.38 Å². The third-order valence-corrected chi connectivity index (χ3v) is 6.19. The highest BCUT2D eigenvalue weighted by Crippen LogP contribution is 2.34. The van der Waals surface area contributed by atoms with Gasteiger partial charge < -0.3 is 9.14 Å². The van der Waals surface area contributed by atoms with Crippen LogP contribution in [0.15, 0.2) is 71.9 Å². The standard InChI is InChI=1S/C22H18F3N3O3S/c1-14-8-9-28-13-19(26-21(28)10-14)15-6-7-20(31-2)18(11-15)27-32(29,30)17-5-3-4-16(12-17)22(23,24)25/h3-13,27H,1-2H3. The number of fused-ring (bicyclic) bond motifs is 1. The van der Waals surface area contributed by atoms with Gasteiger partial charge >= 0.3 is 6.18 Å². The summed E-state index contributed by atoms with van der Waals surface area (Å²) < 4.78 is 74.1. The zero-order valence-corrected chi connectivity index (χ0v) is 17.8. The van der Waals surface area contributed by atoms with Gasteiger partial charge in [0.25, 0.3) is 10.0 Å².